The highest BCUT2D eigenvalue weighted by Crippen LogP contribution is 2.25. The van der Waals surface area contributed by atoms with E-state index in [-0.39, 0.29) is 0 Å². The molecule has 0 radical (unpaired) electrons. The molecule has 14 heavy (non-hydrogen) atoms. The van der Waals surface area contributed by atoms with Crippen LogP contribution in [0.5, 0.6) is 0 Å². The fraction of sp³-hybridized carbons (Fsp3) is 0.250. The van der Waals surface area contributed by atoms with Gasteiger partial charge >= 0.3 is 0 Å². The second-order valence-corrected chi connectivity index (χ2v) is 3.21. The first-order valence-corrected chi connectivity index (χ1v) is 4.61. The van der Waals surface area contributed by atoms with Gasteiger partial charge < -0.3 is 15.3 Å². The van der Waals surface area contributed by atoms with E-state index in [1.54, 1.807) is 12.5 Å². The molecule has 2 aromatic rings. The van der Waals surface area contributed by atoms with Crippen LogP contribution >= 0.6 is 11.6 Å². The average molecular weight is 212 g/mol. The quantitative estimate of drug-likeness (QED) is 0.791. The first-order chi connectivity index (χ1) is 6.72. The number of rotatable bonds is 2. The van der Waals surface area contributed by atoms with E-state index in [2.05, 4.69) is 15.0 Å². The summed E-state index contributed by atoms with van der Waals surface area (Å²) in [5.41, 5.74) is 7.09. The number of nitrogen functional groups attached to an aromatic ring is 1. The zero-order valence-electron chi connectivity index (χ0n) is 7.66. The summed E-state index contributed by atoms with van der Waals surface area (Å²) in [6.45, 7) is 2.81. The van der Waals surface area contributed by atoms with Crippen molar-refractivity contribution in [3.8, 4) is 11.4 Å². The first kappa shape index (κ1) is 9.08. The predicted octanol–water partition coefficient (Wildman–Crippen LogP) is 1.53. The van der Waals surface area contributed by atoms with Gasteiger partial charge in [0.2, 0.25) is 0 Å². The Morgan fingerprint density at radius 2 is 2.36 bits per heavy atom. The van der Waals surface area contributed by atoms with Crippen LogP contribution in [0.15, 0.2) is 12.5 Å². The molecular formula is C8H10ClN5. The van der Waals surface area contributed by atoms with E-state index in [1.807, 2.05) is 11.5 Å². The molecule has 5 nitrogen and oxygen atoms in total. The third-order valence-electron chi connectivity index (χ3n) is 1.98. The number of anilines is 1. The van der Waals surface area contributed by atoms with Gasteiger partial charge in [-0.05, 0) is 6.92 Å². The van der Waals surface area contributed by atoms with Crippen LogP contribution in [0, 0.1) is 0 Å². The highest BCUT2D eigenvalue weighted by atomic mass is 35.5. The van der Waals surface area contributed by atoms with Crippen molar-refractivity contribution in [3.63, 3.8) is 0 Å². The van der Waals surface area contributed by atoms with E-state index in [1.165, 1.54) is 0 Å². The molecule has 0 saturated carbocycles. The van der Waals surface area contributed by atoms with Crippen LogP contribution in [0.25, 0.3) is 11.4 Å². The Bertz CT molecular complexity index is 444. The molecule has 0 amide bonds. The molecule has 0 spiro atoms. The number of H-pyrrole nitrogens is 1. The zero-order chi connectivity index (χ0) is 10.1. The number of aromatic nitrogens is 4. The number of imidazole rings is 2. The molecule has 2 aromatic heterocycles. The number of aryl methyl sites for hydroxylation is 1. The second-order valence-electron chi connectivity index (χ2n) is 2.85. The minimum Gasteiger partial charge on any atom is -0.369 e. The maximum absolute atomic E-state index is 5.95. The molecule has 0 aliphatic rings. The lowest BCUT2D eigenvalue weighted by Gasteiger charge is -2.02. The van der Waals surface area contributed by atoms with E-state index in [4.69, 9.17) is 17.3 Å². The van der Waals surface area contributed by atoms with Gasteiger partial charge in [-0.3, -0.25) is 0 Å². The Balaban J connectivity index is 2.54. The normalized spacial score (nSPS) is 10.7. The smallest absolute Gasteiger partial charge is 0.197 e. The van der Waals surface area contributed by atoms with Crippen molar-refractivity contribution in [2.45, 2.75) is 13.5 Å². The standard InChI is InChI=1S/C8H10ClN5/c1-2-14-4-12-7(9)6(14)5-3-11-8(10)13-5/h3-4H,2H2,1H3,(H3,10,11,13). The van der Waals surface area contributed by atoms with Gasteiger partial charge in [0, 0.05) is 6.54 Å². The Morgan fingerprint density at radius 3 is 2.93 bits per heavy atom. The molecule has 0 saturated heterocycles. The van der Waals surface area contributed by atoms with Crippen LogP contribution < -0.4 is 5.73 Å². The lowest BCUT2D eigenvalue weighted by atomic mass is 10.3. The minimum atomic E-state index is 0.375. The third kappa shape index (κ3) is 1.35. The van der Waals surface area contributed by atoms with Gasteiger partial charge in [-0.15, -0.1) is 0 Å². The number of nitrogens with two attached hydrogens (primary N) is 1. The van der Waals surface area contributed by atoms with Crippen molar-refractivity contribution in [3.05, 3.63) is 17.7 Å². The van der Waals surface area contributed by atoms with Gasteiger partial charge in [-0.2, -0.15) is 0 Å². The molecule has 0 aromatic carbocycles. The van der Waals surface area contributed by atoms with Gasteiger partial charge in [0.1, 0.15) is 5.69 Å². The summed E-state index contributed by atoms with van der Waals surface area (Å²) in [4.78, 5) is 10.8. The largest absolute Gasteiger partial charge is 0.369 e. The Hall–Kier alpha value is -1.49. The fourth-order valence-electron chi connectivity index (χ4n) is 1.32. The predicted molar refractivity (Wildman–Crippen MR) is 54.9 cm³/mol. The Labute approximate surface area is 85.9 Å². The molecule has 0 atom stereocenters. The van der Waals surface area contributed by atoms with Crippen LogP contribution in [-0.4, -0.2) is 19.5 Å². The van der Waals surface area contributed by atoms with Crippen LogP contribution in [0.2, 0.25) is 5.15 Å². The van der Waals surface area contributed by atoms with Crippen molar-refractivity contribution in [1.82, 2.24) is 19.5 Å². The Kier molecular flexibility index (Phi) is 2.17. The average Bonchev–Trinajstić information content (AvgIpc) is 2.71. The molecular weight excluding hydrogens is 202 g/mol. The topological polar surface area (TPSA) is 72.5 Å². The van der Waals surface area contributed by atoms with Crippen molar-refractivity contribution in [2.24, 2.45) is 0 Å². The maximum atomic E-state index is 5.95. The van der Waals surface area contributed by atoms with Crippen molar-refractivity contribution >= 4 is 17.5 Å². The summed E-state index contributed by atoms with van der Waals surface area (Å²) in [6.07, 6.45) is 3.33. The number of hydrogen-bond acceptors (Lipinski definition) is 3. The van der Waals surface area contributed by atoms with E-state index in [0.29, 0.717) is 11.1 Å². The van der Waals surface area contributed by atoms with Crippen molar-refractivity contribution in [1.29, 1.82) is 0 Å². The van der Waals surface area contributed by atoms with Gasteiger partial charge in [0.05, 0.1) is 18.2 Å². The fourth-order valence-corrected chi connectivity index (χ4v) is 1.57. The van der Waals surface area contributed by atoms with Crippen LogP contribution in [0.1, 0.15) is 6.92 Å². The second kappa shape index (κ2) is 3.34. The molecule has 2 heterocycles. The van der Waals surface area contributed by atoms with E-state index < -0.39 is 0 Å². The number of nitrogens with one attached hydrogen (secondary N) is 1. The van der Waals surface area contributed by atoms with Gasteiger partial charge in [0.15, 0.2) is 11.1 Å². The lowest BCUT2D eigenvalue weighted by Crippen LogP contribution is -1.95. The van der Waals surface area contributed by atoms with Crippen molar-refractivity contribution < 1.29 is 0 Å². The molecule has 0 unspecified atom stereocenters. The summed E-state index contributed by atoms with van der Waals surface area (Å²) in [5, 5.41) is 0.454. The number of halogens is 1. The maximum Gasteiger partial charge on any atom is 0.197 e. The van der Waals surface area contributed by atoms with Crippen LogP contribution in [-0.2, 0) is 6.54 Å². The molecule has 2 rings (SSSR count). The summed E-state index contributed by atoms with van der Waals surface area (Å²) in [5.74, 6) is 0.375. The summed E-state index contributed by atoms with van der Waals surface area (Å²) in [6, 6.07) is 0. The third-order valence-corrected chi connectivity index (χ3v) is 2.26. The molecule has 3 N–H and O–H groups in total. The van der Waals surface area contributed by atoms with E-state index in [9.17, 15) is 0 Å². The molecule has 74 valence electrons. The Morgan fingerprint density at radius 1 is 1.57 bits per heavy atom. The molecule has 0 fully saturated rings. The van der Waals surface area contributed by atoms with Crippen LogP contribution in [0.3, 0.4) is 0 Å². The van der Waals surface area contributed by atoms with Gasteiger partial charge in [0.25, 0.3) is 0 Å². The molecule has 6 heteroatoms. The van der Waals surface area contributed by atoms with E-state index >= 15 is 0 Å². The van der Waals surface area contributed by atoms with Crippen LogP contribution in [0.4, 0.5) is 5.95 Å². The van der Waals surface area contributed by atoms with Crippen molar-refractivity contribution in [2.75, 3.05) is 5.73 Å². The highest BCUT2D eigenvalue weighted by Gasteiger charge is 2.12. The SMILES string of the molecule is CCn1cnc(Cl)c1-c1cnc(N)[nH]1. The minimum absolute atomic E-state index is 0.375. The summed E-state index contributed by atoms with van der Waals surface area (Å²) < 4.78 is 1.93. The highest BCUT2D eigenvalue weighted by molar-refractivity contribution is 6.31. The summed E-state index contributed by atoms with van der Waals surface area (Å²) in [7, 11) is 0. The number of hydrogen-bond donors (Lipinski definition) is 2. The zero-order valence-corrected chi connectivity index (χ0v) is 8.41. The monoisotopic (exact) mass is 211 g/mol. The van der Waals surface area contributed by atoms with E-state index in [0.717, 1.165) is 17.9 Å². The number of aromatic amines is 1. The molecule has 0 aliphatic carbocycles. The van der Waals surface area contributed by atoms with Gasteiger partial charge in [-0.25, -0.2) is 9.97 Å². The molecule has 0 aliphatic heterocycles. The van der Waals surface area contributed by atoms with Gasteiger partial charge in [-0.1, -0.05) is 11.6 Å². The summed E-state index contributed by atoms with van der Waals surface area (Å²) >= 11 is 5.95. The molecule has 0 bridgehead atoms. The lowest BCUT2D eigenvalue weighted by molar-refractivity contribution is 0.767. The first-order valence-electron chi connectivity index (χ1n) is 4.24. The number of nitrogens with zero attached hydrogens (tertiary/aromatic N) is 3.